The van der Waals surface area contributed by atoms with Gasteiger partial charge < -0.3 is 18.1 Å². The average Bonchev–Trinajstić information content (AvgIpc) is 2.84. The van der Waals surface area contributed by atoms with Crippen molar-refractivity contribution >= 4 is 95.2 Å². The Bertz CT molecular complexity index is 1160. The molecule has 0 spiro atoms. The summed E-state index contributed by atoms with van der Waals surface area (Å²) < 4.78 is 24.2. The number of rotatable bonds is 24. The molecule has 3 atom stereocenters. The molecular weight excluding hydrogens is 879 g/mol. The summed E-state index contributed by atoms with van der Waals surface area (Å²) in [6, 6.07) is 0. The van der Waals surface area contributed by atoms with Gasteiger partial charge in [0.1, 0.15) is 6.29 Å². The van der Waals surface area contributed by atoms with Gasteiger partial charge in [-0.1, -0.05) is 177 Å². The van der Waals surface area contributed by atoms with Crippen LogP contribution in [-0.4, -0.2) is 125 Å². The van der Waals surface area contributed by atoms with E-state index in [4.69, 9.17) is 13.3 Å². The van der Waals surface area contributed by atoms with Crippen molar-refractivity contribution in [2.24, 2.45) is 0 Å². The zero-order valence-electron chi connectivity index (χ0n) is 41.7. The summed E-state index contributed by atoms with van der Waals surface area (Å²) in [5, 5.41) is 12.2. The van der Waals surface area contributed by atoms with Crippen LogP contribution in [0.2, 0.25) is 177 Å². The molecule has 0 heterocycles. The number of hydrogen-bond acceptors (Lipinski definition) is 6. The van der Waals surface area contributed by atoms with Crippen LogP contribution in [0.15, 0.2) is 0 Å². The Morgan fingerprint density at radius 1 is 0.418 bits per heavy atom. The summed E-state index contributed by atoms with van der Waals surface area (Å²) in [4.78, 5) is 24.9. The second-order valence-corrected chi connectivity index (χ2v) is 145. The van der Waals surface area contributed by atoms with Crippen LogP contribution in [0.1, 0.15) is 25.7 Å². The first-order valence-electron chi connectivity index (χ1n) is 21.3. The van der Waals surface area contributed by atoms with E-state index in [1.807, 2.05) is 0 Å². The molecular formula is C36H95NO6Si12. The number of hydrogen-bond donors (Lipinski definition) is 0. The van der Waals surface area contributed by atoms with Gasteiger partial charge in [0, 0.05) is 23.9 Å². The van der Waals surface area contributed by atoms with Gasteiger partial charge in [-0.25, -0.2) is 0 Å². The van der Waals surface area contributed by atoms with Gasteiger partial charge in [-0.2, -0.15) is 0 Å². The van der Waals surface area contributed by atoms with E-state index >= 15 is 0 Å². The second-order valence-electron chi connectivity index (χ2n) is 26.2. The Hall–Kier alpha value is 1.55. The van der Waals surface area contributed by atoms with Crippen LogP contribution in [0.25, 0.3) is 0 Å². The van der Waals surface area contributed by atoms with E-state index in [9.17, 15) is 14.9 Å². The lowest BCUT2D eigenvalue weighted by atomic mass is 10.0. The Morgan fingerprint density at radius 2 is 0.636 bits per heavy atom. The van der Waals surface area contributed by atoms with Crippen LogP contribution in [0.4, 0.5) is 0 Å². The number of aldehydes is 1. The van der Waals surface area contributed by atoms with Gasteiger partial charge in [-0.15, -0.1) is 0 Å². The SMILES string of the molecule is C[Si](C)(C)[Si](O[C@H](C[C@@H](CC=O)O[Si]([Si](C)(C)C)([Si](C)(C)C)[Si](C)(C)C)C[C@H](CC[N+](=O)[O-])O[Si]([Si](C)(C)C)([Si](C)(C)C)[Si](C)(C)C)([Si](C)(C)C)[Si](C)(C)C. The minimum atomic E-state index is -2.34. The molecule has 0 amide bonds. The van der Waals surface area contributed by atoms with Gasteiger partial charge >= 0.3 is 0 Å². The van der Waals surface area contributed by atoms with E-state index < -0.39 is 88.9 Å². The standard InChI is InChI=1S/C36H95NO6Si12/c1-44(2,3)53(45(4,5)6,46(7,8)9)41-34(28-30-37(39)40)32-36(43-55(50(19,20)21,51(22,23)24)52(25,26)27)33-35(29-31-38)42-54(47(10,11)12,48(13,14)15)49(16,17)18/h31,34-36H,28-30,32-33H2,1-27H3/t34-,35+,36-/m0/s1. The molecule has 328 valence electrons. The summed E-state index contributed by atoms with van der Waals surface area (Å²) >= 11 is 0. The second kappa shape index (κ2) is 18.5. The maximum Gasteiger partial charge on any atom is 0.206 e. The minimum absolute atomic E-state index is 0.0885. The first-order chi connectivity index (χ1) is 23.8. The molecule has 0 radical (unpaired) electrons. The smallest absolute Gasteiger partial charge is 0.206 e. The fraction of sp³-hybridized carbons (Fsp3) is 0.972. The van der Waals surface area contributed by atoms with Gasteiger partial charge in [0.15, 0.2) is 20.6 Å². The third-order valence-electron chi connectivity index (χ3n) is 12.6. The number of nitro groups is 1. The Labute approximate surface area is 353 Å². The molecule has 0 aromatic heterocycles. The third-order valence-corrected chi connectivity index (χ3v) is 215. The molecule has 0 aliphatic heterocycles. The molecule has 0 unspecified atom stereocenters. The van der Waals surface area contributed by atoms with Crippen LogP contribution in [0.5, 0.6) is 0 Å². The van der Waals surface area contributed by atoms with E-state index in [-0.39, 0.29) is 29.8 Å². The molecule has 0 aliphatic rings. The van der Waals surface area contributed by atoms with Gasteiger partial charge in [0.05, 0.1) is 80.5 Å². The van der Waals surface area contributed by atoms with Crippen LogP contribution >= 0.6 is 0 Å². The highest BCUT2D eigenvalue weighted by Gasteiger charge is 2.67. The minimum Gasteiger partial charge on any atom is -0.423 e. The molecule has 19 heteroatoms. The summed E-state index contributed by atoms with van der Waals surface area (Å²) in [5.74, 6) is 0. The zero-order chi connectivity index (χ0) is 44.7. The molecule has 0 saturated carbocycles. The molecule has 0 rings (SSSR count). The third kappa shape index (κ3) is 12.4. The number of nitrogens with zero attached hydrogens (tertiary/aromatic N) is 1. The normalized spacial score (nSPS) is 17.2. The highest BCUT2D eigenvalue weighted by Crippen LogP contribution is 2.44. The Balaban J connectivity index is 8.34. The lowest BCUT2D eigenvalue weighted by molar-refractivity contribution is -0.481. The topological polar surface area (TPSA) is 87.9 Å². The molecule has 0 fully saturated rings. The highest BCUT2D eigenvalue weighted by molar-refractivity contribution is 7.88. The summed E-state index contributed by atoms with van der Waals surface area (Å²) in [5.41, 5.74) is 0. The van der Waals surface area contributed by atoms with Crippen molar-refractivity contribution in [3.63, 3.8) is 0 Å². The van der Waals surface area contributed by atoms with Crippen molar-refractivity contribution in [1.82, 2.24) is 0 Å². The summed E-state index contributed by atoms with van der Waals surface area (Å²) in [6.07, 6.45) is 2.64. The van der Waals surface area contributed by atoms with E-state index in [0.717, 1.165) is 6.29 Å². The van der Waals surface area contributed by atoms with Crippen molar-refractivity contribution in [2.45, 2.75) is 221 Å². The fourth-order valence-electron chi connectivity index (χ4n) is 14.0. The Kier molecular flexibility index (Phi) is 19.0. The van der Waals surface area contributed by atoms with Gasteiger partial charge in [0.2, 0.25) is 6.54 Å². The quantitative estimate of drug-likeness (QED) is 0.0414. The first-order valence-corrected chi connectivity index (χ1v) is 67.6. The molecule has 0 N–H and O–H groups in total. The van der Waals surface area contributed by atoms with Crippen LogP contribution in [0, 0.1) is 10.1 Å². The molecule has 7 nitrogen and oxygen atoms in total. The van der Waals surface area contributed by atoms with Crippen molar-refractivity contribution in [1.29, 1.82) is 0 Å². The van der Waals surface area contributed by atoms with Crippen LogP contribution < -0.4 is 0 Å². The van der Waals surface area contributed by atoms with Crippen molar-refractivity contribution in [3.05, 3.63) is 10.1 Å². The predicted molar refractivity (Wildman–Crippen MR) is 278 cm³/mol. The van der Waals surface area contributed by atoms with Crippen LogP contribution in [-0.2, 0) is 18.1 Å². The van der Waals surface area contributed by atoms with Gasteiger partial charge in [-0.3, -0.25) is 10.1 Å². The van der Waals surface area contributed by atoms with Crippen molar-refractivity contribution in [3.8, 4) is 0 Å². The van der Waals surface area contributed by atoms with Crippen molar-refractivity contribution < 1.29 is 23.0 Å². The monoisotopic (exact) mass is 973 g/mol. The number of carbonyl (C=O) groups excluding carboxylic acids is 1. The maximum absolute atomic E-state index is 12.8. The first kappa shape index (κ1) is 56.6. The lowest BCUT2D eigenvalue weighted by Gasteiger charge is -2.59. The summed E-state index contributed by atoms with van der Waals surface area (Å²) in [6.45, 7) is 61.9. The summed E-state index contributed by atoms with van der Waals surface area (Å²) in [7, 11) is -16.5. The maximum atomic E-state index is 12.8. The van der Waals surface area contributed by atoms with E-state index in [1.165, 1.54) is 0 Å². The highest BCUT2D eigenvalue weighted by atomic mass is 29.9. The molecule has 0 bridgehead atoms. The molecule has 0 aromatic rings. The van der Waals surface area contributed by atoms with Gasteiger partial charge in [-0.05, 0) is 12.8 Å². The lowest BCUT2D eigenvalue weighted by Crippen LogP contribution is -2.85. The molecule has 0 aliphatic carbocycles. The van der Waals surface area contributed by atoms with Crippen LogP contribution in [0.3, 0.4) is 0 Å². The Morgan fingerprint density at radius 3 is 0.855 bits per heavy atom. The number of carbonyl (C=O) groups is 1. The molecule has 0 saturated heterocycles. The largest absolute Gasteiger partial charge is 0.423 e. The van der Waals surface area contributed by atoms with E-state index in [1.54, 1.807) is 0 Å². The molecule has 55 heavy (non-hydrogen) atoms. The van der Waals surface area contributed by atoms with Crippen molar-refractivity contribution in [2.75, 3.05) is 6.54 Å². The molecule has 0 aromatic carbocycles. The average molecular weight is 975 g/mol. The van der Waals surface area contributed by atoms with Gasteiger partial charge in [0.25, 0.3) is 0 Å². The predicted octanol–water partition coefficient (Wildman–Crippen LogP) is 11.8. The van der Waals surface area contributed by atoms with E-state index in [0.29, 0.717) is 25.7 Å². The van der Waals surface area contributed by atoms with E-state index in [2.05, 4.69) is 177 Å². The fourth-order valence-corrected chi connectivity index (χ4v) is 297. The zero-order valence-corrected chi connectivity index (χ0v) is 53.7.